The van der Waals surface area contributed by atoms with E-state index in [2.05, 4.69) is 4.79 Å². The van der Waals surface area contributed by atoms with Crippen molar-refractivity contribution in [3.63, 3.8) is 0 Å². The van der Waals surface area contributed by atoms with Gasteiger partial charge in [-0.3, -0.25) is 9.59 Å². The Labute approximate surface area is 72.0 Å². The molecule has 13 heavy (non-hydrogen) atoms. The Kier molecular flexibility index (Phi) is 1.44. The number of hydrogen-bond acceptors (Lipinski definition) is 2. The van der Waals surface area contributed by atoms with E-state index in [0.717, 1.165) is 0 Å². The molecular weight excluding hydrogens is 168 g/mol. The number of hydrogen-bond donors (Lipinski definition) is 0. The second-order valence-electron chi connectivity index (χ2n) is 2.65. The van der Waals surface area contributed by atoms with E-state index in [1.165, 1.54) is 6.07 Å². The van der Waals surface area contributed by atoms with Gasteiger partial charge in [0, 0.05) is 5.39 Å². The lowest BCUT2D eigenvalue weighted by Gasteiger charge is -1.79. The van der Waals surface area contributed by atoms with Gasteiger partial charge in [0.2, 0.25) is 5.43 Å². The lowest BCUT2D eigenvalue weighted by atomic mass is 10.2. The van der Waals surface area contributed by atoms with Crippen molar-refractivity contribution in [1.82, 2.24) is 0 Å². The lowest BCUT2D eigenvalue weighted by Crippen LogP contribution is -2.31. The minimum atomic E-state index is -0.747. The molecule has 0 N–H and O–H groups in total. The molecule has 2 aromatic carbocycles. The van der Waals surface area contributed by atoms with Crippen LogP contribution in [-0.4, -0.2) is 4.79 Å². The van der Waals surface area contributed by atoms with E-state index in [4.69, 9.17) is 5.53 Å². The van der Waals surface area contributed by atoms with E-state index in [9.17, 15) is 9.59 Å². The monoisotopic (exact) mass is 172 g/mol. The molecule has 2 aromatic rings. The smallest absolute Gasteiger partial charge is 0.361 e. The van der Waals surface area contributed by atoms with Crippen LogP contribution in [0.2, 0.25) is 0 Å². The van der Waals surface area contributed by atoms with Crippen molar-refractivity contribution < 1.29 is 4.79 Å². The molecule has 0 aliphatic rings. The topological polar surface area (TPSA) is 70.5 Å². The van der Waals surface area contributed by atoms with Crippen molar-refractivity contribution in [2.75, 3.05) is 0 Å². The minimum absolute atomic E-state index is 0.166. The number of nitrogens with zero attached hydrogens (tertiary/aromatic N) is 2. The highest BCUT2D eigenvalue weighted by molar-refractivity contribution is 5.82. The summed E-state index contributed by atoms with van der Waals surface area (Å²) in [5.74, 6) is 0. The predicted molar refractivity (Wildman–Crippen MR) is 45.6 cm³/mol. The van der Waals surface area contributed by atoms with Crippen LogP contribution in [0.25, 0.3) is 16.3 Å². The Bertz CT molecular complexity index is 644. The molecule has 0 saturated carbocycles. The zero-order chi connectivity index (χ0) is 9.42. The van der Waals surface area contributed by atoms with Crippen molar-refractivity contribution in [3.8, 4) is 0 Å². The SMILES string of the molecule is [N-]=[N+]=c1c(=O)c(=O)c2ccccc12. The molecule has 0 heterocycles. The number of benzene rings is 1. The average Bonchev–Trinajstić information content (AvgIpc) is 2.41. The van der Waals surface area contributed by atoms with Gasteiger partial charge in [-0.15, -0.1) is 0 Å². The number of fused-ring (bicyclic) bond motifs is 1. The van der Waals surface area contributed by atoms with Crippen LogP contribution in [0.5, 0.6) is 0 Å². The molecule has 0 amide bonds. The van der Waals surface area contributed by atoms with Crippen LogP contribution in [0.1, 0.15) is 0 Å². The molecule has 62 valence electrons. The lowest BCUT2D eigenvalue weighted by molar-refractivity contribution is -0.0639. The maximum absolute atomic E-state index is 11.2. The quantitative estimate of drug-likeness (QED) is 0.307. The van der Waals surface area contributed by atoms with Crippen molar-refractivity contribution >= 4 is 10.8 Å². The normalized spacial score (nSPS) is 10.2. The summed E-state index contributed by atoms with van der Waals surface area (Å²) in [6, 6.07) is 6.45. The summed E-state index contributed by atoms with van der Waals surface area (Å²) in [5.41, 5.74) is 7.16. The van der Waals surface area contributed by atoms with Gasteiger partial charge in [0.25, 0.3) is 0 Å². The fourth-order valence-electron chi connectivity index (χ4n) is 1.34. The summed E-state index contributed by atoms with van der Waals surface area (Å²) in [6.07, 6.45) is 0. The largest absolute Gasteiger partial charge is 0.374 e. The van der Waals surface area contributed by atoms with E-state index < -0.39 is 10.9 Å². The molecule has 4 nitrogen and oxygen atoms in total. The van der Waals surface area contributed by atoms with E-state index in [-0.39, 0.29) is 5.36 Å². The summed E-state index contributed by atoms with van der Waals surface area (Å²) in [4.78, 5) is 25.2. The Balaban J connectivity index is 3.39. The fourth-order valence-corrected chi connectivity index (χ4v) is 1.34. The van der Waals surface area contributed by atoms with E-state index >= 15 is 0 Å². The van der Waals surface area contributed by atoms with Crippen LogP contribution in [0, 0.1) is 0 Å². The summed E-state index contributed by atoms with van der Waals surface area (Å²) in [6.45, 7) is 0. The van der Waals surface area contributed by atoms with Gasteiger partial charge in [-0.1, -0.05) is 18.2 Å². The summed E-state index contributed by atoms with van der Waals surface area (Å²) in [7, 11) is 0. The molecule has 0 aromatic heterocycles. The number of rotatable bonds is 0. The third-order valence-corrected chi connectivity index (χ3v) is 1.95. The van der Waals surface area contributed by atoms with Gasteiger partial charge in [0.1, 0.15) is 0 Å². The molecule has 0 atom stereocenters. The Morgan fingerprint density at radius 1 is 1.00 bits per heavy atom. The van der Waals surface area contributed by atoms with E-state index in [1.54, 1.807) is 18.2 Å². The first-order chi connectivity index (χ1) is 6.25. The minimum Gasteiger partial charge on any atom is -0.361 e. The fraction of sp³-hybridized carbons (Fsp3) is 0. The molecule has 0 saturated heterocycles. The summed E-state index contributed by atoms with van der Waals surface area (Å²) < 4.78 is 0. The van der Waals surface area contributed by atoms with Crippen LogP contribution in [0.3, 0.4) is 0 Å². The average molecular weight is 172 g/mol. The molecule has 0 aliphatic carbocycles. The highest BCUT2D eigenvalue weighted by Gasteiger charge is 2.14. The zero-order valence-corrected chi connectivity index (χ0v) is 6.52. The second kappa shape index (κ2) is 2.47. The van der Waals surface area contributed by atoms with Crippen LogP contribution >= 0.6 is 0 Å². The van der Waals surface area contributed by atoms with Gasteiger partial charge < -0.3 is 5.53 Å². The molecule has 0 fully saturated rings. The van der Waals surface area contributed by atoms with Gasteiger partial charge in [-0.2, -0.15) is 4.79 Å². The molecule has 0 radical (unpaired) electrons. The third kappa shape index (κ3) is 0.863. The van der Waals surface area contributed by atoms with Gasteiger partial charge in [-0.05, 0) is 6.07 Å². The van der Waals surface area contributed by atoms with Crippen LogP contribution in [0.4, 0.5) is 0 Å². The van der Waals surface area contributed by atoms with Crippen LogP contribution < -0.4 is 16.2 Å². The molecule has 2 rings (SSSR count). The molecule has 0 spiro atoms. The molecule has 4 heteroatoms. The standard InChI is InChI=1S/C9H4N2O2/c10-11-7-5-3-1-2-4-6(5)8(12)9(7)13/h1-4H. The maximum atomic E-state index is 11.2. The van der Waals surface area contributed by atoms with Gasteiger partial charge >= 0.3 is 10.8 Å². The highest BCUT2D eigenvalue weighted by atomic mass is 16.2. The van der Waals surface area contributed by atoms with Crippen LogP contribution in [-0.2, 0) is 0 Å². The van der Waals surface area contributed by atoms with Crippen molar-refractivity contribution in [1.29, 1.82) is 0 Å². The van der Waals surface area contributed by atoms with Crippen molar-refractivity contribution in [2.24, 2.45) is 0 Å². The van der Waals surface area contributed by atoms with Gasteiger partial charge in [-0.25, -0.2) is 0 Å². The van der Waals surface area contributed by atoms with E-state index in [1.807, 2.05) is 0 Å². The van der Waals surface area contributed by atoms with E-state index in [0.29, 0.717) is 10.8 Å². The van der Waals surface area contributed by atoms with Gasteiger partial charge in [0.15, 0.2) is 0 Å². The Morgan fingerprint density at radius 3 is 2.23 bits per heavy atom. The van der Waals surface area contributed by atoms with Gasteiger partial charge in [0.05, 0.1) is 5.39 Å². The summed E-state index contributed by atoms with van der Waals surface area (Å²) in [5, 5.41) is 0.543. The first kappa shape index (κ1) is 7.58. The Morgan fingerprint density at radius 2 is 1.62 bits per heavy atom. The zero-order valence-electron chi connectivity index (χ0n) is 6.52. The highest BCUT2D eigenvalue weighted by Crippen LogP contribution is 2.01. The Hall–Kier alpha value is -2.06. The molecule has 0 bridgehead atoms. The third-order valence-electron chi connectivity index (χ3n) is 1.95. The molecule has 0 aliphatic heterocycles. The van der Waals surface area contributed by atoms with Crippen molar-refractivity contribution in [3.05, 3.63) is 55.6 Å². The predicted octanol–water partition coefficient (Wildman–Crippen LogP) is -0.434. The second-order valence-corrected chi connectivity index (χ2v) is 2.65. The van der Waals surface area contributed by atoms with Crippen LogP contribution in [0.15, 0.2) is 33.9 Å². The van der Waals surface area contributed by atoms with Crippen molar-refractivity contribution in [2.45, 2.75) is 0 Å². The molecular formula is C9H4N2O2. The summed E-state index contributed by atoms with van der Waals surface area (Å²) >= 11 is 0. The first-order valence-corrected chi connectivity index (χ1v) is 3.66. The maximum Gasteiger partial charge on any atom is 0.374 e. The molecule has 0 unspecified atom stereocenters. The first-order valence-electron chi connectivity index (χ1n) is 3.66.